The number of aromatic nitrogens is 2. The Morgan fingerprint density at radius 3 is 2.65 bits per heavy atom. The molecule has 3 rings (SSSR count). The Balaban J connectivity index is 1.71. The summed E-state index contributed by atoms with van der Waals surface area (Å²) in [7, 11) is 1.91. The van der Waals surface area contributed by atoms with Crippen molar-refractivity contribution in [2.75, 3.05) is 5.32 Å². The van der Waals surface area contributed by atoms with E-state index in [1.165, 1.54) is 0 Å². The number of nitrogens with one attached hydrogen (secondary N) is 1. The average Bonchev–Trinajstić information content (AvgIpc) is 2.86. The standard InChI is InChI=1S/C18H16N4O/c1-22-16-5-3-2-4-15(16)21-17(22)12-18(23)20-14-8-6-13(7-9-14)10-11-19/h2-9H,10,12H2,1H3,(H,20,23). The van der Waals surface area contributed by atoms with Gasteiger partial charge >= 0.3 is 0 Å². The molecule has 23 heavy (non-hydrogen) atoms. The zero-order valence-corrected chi connectivity index (χ0v) is 12.8. The van der Waals surface area contributed by atoms with Gasteiger partial charge in [0.15, 0.2) is 0 Å². The van der Waals surface area contributed by atoms with Crippen LogP contribution in [0, 0.1) is 11.3 Å². The van der Waals surface area contributed by atoms with Gasteiger partial charge in [0.1, 0.15) is 5.82 Å². The Labute approximate surface area is 134 Å². The Hall–Kier alpha value is -3.13. The summed E-state index contributed by atoms with van der Waals surface area (Å²) in [4.78, 5) is 16.7. The van der Waals surface area contributed by atoms with E-state index in [4.69, 9.17) is 5.26 Å². The van der Waals surface area contributed by atoms with Gasteiger partial charge in [0.25, 0.3) is 0 Å². The molecule has 0 aliphatic carbocycles. The molecule has 1 heterocycles. The minimum atomic E-state index is -0.114. The lowest BCUT2D eigenvalue weighted by molar-refractivity contribution is -0.115. The molecule has 0 bridgehead atoms. The molecular formula is C18H16N4O. The molecule has 5 heteroatoms. The number of para-hydroxylation sites is 2. The second kappa shape index (κ2) is 6.32. The third kappa shape index (κ3) is 3.22. The normalized spacial score (nSPS) is 10.4. The number of imidazole rings is 1. The molecular weight excluding hydrogens is 288 g/mol. The van der Waals surface area contributed by atoms with Crippen LogP contribution < -0.4 is 5.32 Å². The molecule has 0 saturated carbocycles. The van der Waals surface area contributed by atoms with E-state index in [1.54, 1.807) is 12.1 Å². The van der Waals surface area contributed by atoms with Gasteiger partial charge in [-0.2, -0.15) is 5.26 Å². The van der Waals surface area contributed by atoms with E-state index in [9.17, 15) is 4.79 Å². The van der Waals surface area contributed by atoms with Gasteiger partial charge in [-0.15, -0.1) is 0 Å². The molecule has 0 atom stereocenters. The number of aryl methyl sites for hydroxylation is 1. The number of amides is 1. The predicted molar refractivity (Wildman–Crippen MR) is 88.8 cm³/mol. The van der Waals surface area contributed by atoms with Crippen LogP contribution in [0.2, 0.25) is 0 Å². The van der Waals surface area contributed by atoms with E-state index in [0.29, 0.717) is 6.42 Å². The zero-order valence-electron chi connectivity index (χ0n) is 12.8. The average molecular weight is 304 g/mol. The number of nitriles is 1. The number of carbonyl (C=O) groups is 1. The topological polar surface area (TPSA) is 70.7 Å². The number of benzene rings is 2. The fraction of sp³-hybridized carbons (Fsp3) is 0.167. The largest absolute Gasteiger partial charge is 0.331 e. The predicted octanol–water partition coefficient (Wildman–Crippen LogP) is 2.82. The van der Waals surface area contributed by atoms with Crippen LogP contribution in [-0.2, 0) is 24.7 Å². The number of fused-ring (bicyclic) bond motifs is 1. The minimum absolute atomic E-state index is 0.114. The van der Waals surface area contributed by atoms with Crippen LogP contribution in [0.3, 0.4) is 0 Å². The first-order valence-corrected chi connectivity index (χ1v) is 7.33. The zero-order chi connectivity index (χ0) is 16.2. The van der Waals surface area contributed by atoms with Crippen LogP contribution in [0.15, 0.2) is 48.5 Å². The summed E-state index contributed by atoms with van der Waals surface area (Å²) in [6.07, 6.45) is 0.583. The maximum absolute atomic E-state index is 12.2. The molecule has 1 N–H and O–H groups in total. The highest BCUT2D eigenvalue weighted by Gasteiger charge is 2.11. The molecule has 114 valence electrons. The highest BCUT2D eigenvalue weighted by molar-refractivity contribution is 5.92. The van der Waals surface area contributed by atoms with Gasteiger partial charge < -0.3 is 9.88 Å². The highest BCUT2D eigenvalue weighted by Crippen LogP contribution is 2.15. The van der Waals surface area contributed by atoms with Gasteiger partial charge in [0, 0.05) is 12.7 Å². The smallest absolute Gasteiger partial charge is 0.231 e. The first-order chi connectivity index (χ1) is 11.2. The third-order valence-corrected chi connectivity index (χ3v) is 3.72. The van der Waals surface area contributed by atoms with Gasteiger partial charge in [-0.3, -0.25) is 4.79 Å². The lowest BCUT2D eigenvalue weighted by Gasteiger charge is -2.06. The number of nitrogens with zero attached hydrogens (tertiary/aromatic N) is 3. The summed E-state index contributed by atoms with van der Waals surface area (Å²) in [5, 5.41) is 11.5. The number of hydrogen-bond donors (Lipinski definition) is 1. The van der Waals surface area contributed by atoms with Gasteiger partial charge in [-0.1, -0.05) is 24.3 Å². The molecule has 0 fully saturated rings. The second-order valence-corrected chi connectivity index (χ2v) is 5.33. The van der Waals surface area contributed by atoms with Crippen LogP contribution in [0.4, 0.5) is 5.69 Å². The molecule has 3 aromatic rings. The summed E-state index contributed by atoms with van der Waals surface area (Å²) < 4.78 is 1.94. The third-order valence-electron chi connectivity index (χ3n) is 3.72. The molecule has 0 aliphatic heterocycles. The molecule has 0 radical (unpaired) electrons. The maximum Gasteiger partial charge on any atom is 0.231 e. The van der Waals surface area contributed by atoms with Crippen LogP contribution in [0.1, 0.15) is 11.4 Å². The van der Waals surface area contributed by atoms with E-state index >= 15 is 0 Å². The molecule has 0 aliphatic rings. The molecule has 0 saturated heterocycles. The fourth-order valence-electron chi connectivity index (χ4n) is 2.50. The maximum atomic E-state index is 12.2. The fourth-order valence-corrected chi connectivity index (χ4v) is 2.50. The molecule has 5 nitrogen and oxygen atoms in total. The van der Waals surface area contributed by atoms with Gasteiger partial charge in [0.05, 0.1) is 29.9 Å². The molecule has 0 spiro atoms. The lowest BCUT2D eigenvalue weighted by Crippen LogP contribution is -2.16. The SMILES string of the molecule is Cn1c(CC(=O)Nc2ccc(CC#N)cc2)nc2ccccc21. The van der Waals surface area contributed by atoms with E-state index < -0.39 is 0 Å². The first kappa shape index (κ1) is 14.8. The molecule has 2 aromatic carbocycles. The van der Waals surface area contributed by atoms with E-state index in [1.807, 2.05) is 48.0 Å². The summed E-state index contributed by atoms with van der Waals surface area (Å²) in [5.41, 5.74) is 3.55. The van der Waals surface area contributed by atoms with Crippen LogP contribution in [-0.4, -0.2) is 15.5 Å². The van der Waals surface area contributed by atoms with Crippen molar-refractivity contribution in [2.45, 2.75) is 12.8 Å². The van der Waals surface area contributed by atoms with Crippen molar-refractivity contribution in [1.82, 2.24) is 9.55 Å². The molecule has 0 unspecified atom stereocenters. The number of hydrogen-bond acceptors (Lipinski definition) is 3. The van der Waals surface area contributed by atoms with Crippen LogP contribution >= 0.6 is 0 Å². The van der Waals surface area contributed by atoms with Crippen molar-refractivity contribution in [2.24, 2.45) is 7.05 Å². The first-order valence-electron chi connectivity index (χ1n) is 7.33. The number of rotatable bonds is 4. The summed E-state index contributed by atoms with van der Waals surface area (Å²) in [5.74, 6) is 0.612. The lowest BCUT2D eigenvalue weighted by atomic mass is 10.1. The molecule has 1 aromatic heterocycles. The van der Waals surface area contributed by atoms with Crippen molar-refractivity contribution in [3.63, 3.8) is 0 Å². The van der Waals surface area contributed by atoms with Crippen LogP contribution in [0.25, 0.3) is 11.0 Å². The summed E-state index contributed by atoms with van der Waals surface area (Å²) in [6.45, 7) is 0. The quantitative estimate of drug-likeness (QED) is 0.805. The Bertz CT molecular complexity index is 888. The van der Waals surface area contributed by atoms with Crippen molar-refractivity contribution in [1.29, 1.82) is 5.26 Å². The van der Waals surface area contributed by atoms with E-state index in [2.05, 4.69) is 16.4 Å². The summed E-state index contributed by atoms with van der Waals surface area (Å²) >= 11 is 0. The van der Waals surface area contributed by atoms with Crippen molar-refractivity contribution in [3.05, 3.63) is 59.9 Å². The number of carbonyl (C=O) groups excluding carboxylic acids is 1. The van der Waals surface area contributed by atoms with Gasteiger partial charge in [-0.25, -0.2) is 4.98 Å². The van der Waals surface area contributed by atoms with E-state index in [-0.39, 0.29) is 12.3 Å². The van der Waals surface area contributed by atoms with Gasteiger partial charge in [0.2, 0.25) is 5.91 Å². The van der Waals surface area contributed by atoms with Crippen molar-refractivity contribution < 1.29 is 4.79 Å². The second-order valence-electron chi connectivity index (χ2n) is 5.33. The minimum Gasteiger partial charge on any atom is -0.331 e. The van der Waals surface area contributed by atoms with Crippen LogP contribution in [0.5, 0.6) is 0 Å². The Kier molecular flexibility index (Phi) is 4.07. The summed E-state index contributed by atoms with van der Waals surface area (Å²) in [6, 6.07) is 17.2. The van der Waals surface area contributed by atoms with Crippen molar-refractivity contribution in [3.8, 4) is 6.07 Å². The molecule has 1 amide bonds. The van der Waals surface area contributed by atoms with E-state index in [0.717, 1.165) is 28.1 Å². The Morgan fingerprint density at radius 2 is 1.96 bits per heavy atom. The Morgan fingerprint density at radius 1 is 1.22 bits per heavy atom. The van der Waals surface area contributed by atoms with Crippen molar-refractivity contribution >= 4 is 22.6 Å². The number of anilines is 1. The van der Waals surface area contributed by atoms with Gasteiger partial charge in [-0.05, 0) is 29.8 Å². The highest BCUT2D eigenvalue weighted by atomic mass is 16.1. The monoisotopic (exact) mass is 304 g/mol.